The maximum Gasteiger partial charge on any atom is 0.224 e. The van der Waals surface area contributed by atoms with E-state index in [1.54, 1.807) is 11.3 Å². The number of rotatable bonds is 3. The Morgan fingerprint density at radius 2 is 2.12 bits per heavy atom. The first kappa shape index (κ1) is 12.1. The lowest BCUT2D eigenvalue weighted by molar-refractivity contribution is 1.07. The third-order valence-electron chi connectivity index (χ3n) is 2.34. The minimum atomic E-state index is 0.210. The van der Waals surface area contributed by atoms with Crippen LogP contribution in [0.2, 0.25) is 5.28 Å². The molecular weight excluding hydrogens is 256 g/mol. The predicted octanol–water partition coefficient (Wildman–Crippen LogP) is 3.00. The van der Waals surface area contributed by atoms with Gasteiger partial charge >= 0.3 is 0 Å². The molecule has 0 radical (unpaired) electrons. The van der Waals surface area contributed by atoms with Crippen LogP contribution in [0.1, 0.15) is 15.4 Å². The molecule has 90 valence electrons. The molecule has 0 unspecified atom stereocenters. The first-order valence-corrected chi connectivity index (χ1v) is 6.34. The molecule has 0 fully saturated rings. The topological polar surface area (TPSA) is 63.8 Å². The zero-order valence-corrected chi connectivity index (χ0v) is 11.2. The number of nitrogens with one attached hydrogen (secondary N) is 1. The highest BCUT2D eigenvalue weighted by atomic mass is 35.5. The van der Waals surface area contributed by atoms with E-state index in [9.17, 15) is 0 Å². The van der Waals surface area contributed by atoms with E-state index in [-0.39, 0.29) is 5.28 Å². The molecule has 4 nitrogen and oxygen atoms in total. The van der Waals surface area contributed by atoms with Gasteiger partial charge in [0.1, 0.15) is 0 Å². The van der Waals surface area contributed by atoms with Crippen LogP contribution in [-0.2, 0) is 6.54 Å². The lowest BCUT2D eigenvalue weighted by Gasteiger charge is -2.09. The standard InChI is InChI=1S/C11H13ClN4S/c1-6-3-4-8(17-6)5-14-10-9(13)7(2)15-11(12)16-10/h3-4H,5,13H2,1-2H3,(H,14,15,16). The third kappa shape index (κ3) is 2.87. The number of aromatic nitrogens is 2. The van der Waals surface area contributed by atoms with Crippen LogP contribution in [0, 0.1) is 13.8 Å². The molecule has 0 saturated carbocycles. The monoisotopic (exact) mass is 268 g/mol. The molecule has 0 aliphatic carbocycles. The molecule has 0 bridgehead atoms. The average Bonchev–Trinajstić information content (AvgIpc) is 2.67. The largest absolute Gasteiger partial charge is 0.394 e. The van der Waals surface area contributed by atoms with Crippen molar-refractivity contribution < 1.29 is 0 Å². The number of nitrogens with zero attached hydrogens (tertiary/aromatic N) is 2. The quantitative estimate of drug-likeness (QED) is 0.840. The lowest BCUT2D eigenvalue weighted by Crippen LogP contribution is -2.06. The molecule has 2 aromatic rings. The van der Waals surface area contributed by atoms with Gasteiger partial charge in [0.2, 0.25) is 5.28 Å². The summed E-state index contributed by atoms with van der Waals surface area (Å²) in [4.78, 5) is 10.6. The average molecular weight is 269 g/mol. The summed E-state index contributed by atoms with van der Waals surface area (Å²) in [6.45, 7) is 4.58. The number of hydrogen-bond acceptors (Lipinski definition) is 5. The van der Waals surface area contributed by atoms with Crippen LogP contribution >= 0.6 is 22.9 Å². The Labute approximate surface area is 109 Å². The van der Waals surface area contributed by atoms with Crippen LogP contribution in [0.15, 0.2) is 12.1 Å². The summed E-state index contributed by atoms with van der Waals surface area (Å²) in [6, 6.07) is 4.17. The van der Waals surface area contributed by atoms with Gasteiger partial charge in [-0.2, -0.15) is 4.98 Å². The Bertz CT molecular complexity index is 538. The van der Waals surface area contributed by atoms with Crippen molar-refractivity contribution in [2.45, 2.75) is 20.4 Å². The normalized spacial score (nSPS) is 10.5. The van der Waals surface area contributed by atoms with E-state index in [1.165, 1.54) is 9.75 Å². The highest BCUT2D eigenvalue weighted by Gasteiger charge is 2.07. The van der Waals surface area contributed by atoms with Gasteiger partial charge in [-0.25, -0.2) is 4.98 Å². The van der Waals surface area contributed by atoms with E-state index >= 15 is 0 Å². The van der Waals surface area contributed by atoms with Crippen molar-refractivity contribution in [3.63, 3.8) is 0 Å². The molecule has 3 N–H and O–H groups in total. The second kappa shape index (κ2) is 4.89. The van der Waals surface area contributed by atoms with Crippen LogP contribution < -0.4 is 11.1 Å². The van der Waals surface area contributed by atoms with Gasteiger partial charge in [0.05, 0.1) is 17.9 Å². The summed E-state index contributed by atoms with van der Waals surface area (Å²) in [7, 11) is 0. The van der Waals surface area contributed by atoms with Gasteiger partial charge in [-0.05, 0) is 37.6 Å². The van der Waals surface area contributed by atoms with Crippen molar-refractivity contribution in [1.29, 1.82) is 0 Å². The molecule has 0 aliphatic rings. The molecule has 2 heterocycles. The number of anilines is 2. The SMILES string of the molecule is Cc1ccc(CNc2nc(Cl)nc(C)c2N)s1. The van der Waals surface area contributed by atoms with Crippen LogP contribution in [0.25, 0.3) is 0 Å². The van der Waals surface area contributed by atoms with E-state index in [4.69, 9.17) is 17.3 Å². The molecule has 0 aliphatic heterocycles. The zero-order valence-electron chi connectivity index (χ0n) is 9.62. The fourth-order valence-electron chi connectivity index (χ4n) is 1.43. The van der Waals surface area contributed by atoms with Gasteiger partial charge in [-0.15, -0.1) is 11.3 Å². The summed E-state index contributed by atoms with van der Waals surface area (Å²) in [5.41, 5.74) is 7.11. The first-order chi connectivity index (χ1) is 8.06. The summed E-state index contributed by atoms with van der Waals surface area (Å²) < 4.78 is 0. The zero-order chi connectivity index (χ0) is 12.4. The molecule has 0 atom stereocenters. The van der Waals surface area contributed by atoms with Gasteiger partial charge in [-0.3, -0.25) is 0 Å². The first-order valence-electron chi connectivity index (χ1n) is 5.15. The van der Waals surface area contributed by atoms with E-state index < -0.39 is 0 Å². The molecule has 0 aromatic carbocycles. The summed E-state index contributed by atoms with van der Waals surface area (Å²) in [6.07, 6.45) is 0. The Balaban J connectivity index is 2.14. The van der Waals surface area contributed by atoms with E-state index in [1.807, 2.05) is 6.92 Å². The van der Waals surface area contributed by atoms with Crippen molar-refractivity contribution in [1.82, 2.24) is 9.97 Å². The molecule has 0 spiro atoms. The van der Waals surface area contributed by atoms with Crippen molar-refractivity contribution in [3.05, 3.63) is 32.9 Å². The van der Waals surface area contributed by atoms with Crippen molar-refractivity contribution in [2.24, 2.45) is 0 Å². The molecule has 0 saturated heterocycles. The molecule has 2 rings (SSSR count). The third-order valence-corrected chi connectivity index (χ3v) is 3.50. The number of halogens is 1. The van der Waals surface area contributed by atoms with Crippen LogP contribution in [0.5, 0.6) is 0 Å². The van der Waals surface area contributed by atoms with Crippen LogP contribution in [0.3, 0.4) is 0 Å². The van der Waals surface area contributed by atoms with Crippen LogP contribution in [-0.4, -0.2) is 9.97 Å². The van der Waals surface area contributed by atoms with Gasteiger partial charge in [0, 0.05) is 9.75 Å². The van der Waals surface area contributed by atoms with Gasteiger partial charge in [0.25, 0.3) is 0 Å². The highest BCUT2D eigenvalue weighted by Crippen LogP contribution is 2.22. The molecule has 17 heavy (non-hydrogen) atoms. The van der Waals surface area contributed by atoms with Crippen molar-refractivity contribution in [3.8, 4) is 0 Å². The molecular formula is C11H13ClN4S. The maximum absolute atomic E-state index is 5.88. The molecule has 2 aromatic heterocycles. The van der Waals surface area contributed by atoms with E-state index in [2.05, 4.69) is 34.3 Å². The van der Waals surface area contributed by atoms with Gasteiger partial charge < -0.3 is 11.1 Å². The fraction of sp³-hybridized carbons (Fsp3) is 0.273. The minimum Gasteiger partial charge on any atom is -0.394 e. The van der Waals surface area contributed by atoms with E-state index in [0.717, 1.165) is 0 Å². The highest BCUT2D eigenvalue weighted by molar-refractivity contribution is 7.11. The fourth-order valence-corrected chi connectivity index (χ4v) is 2.47. The Hall–Kier alpha value is -1.33. The Morgan fingerprint density at radius 3 is 2.76 bits per heavy atom. The second-order valence-corrected chi connectivity index (χ2v) is 5.42. The Kier molecular flexibility index (Phi) is 3.49. The van der Waals surface area contributed by atoms with Gasteiger partial charge in [-0.1, -0.05) is 0 Å². The van der Waals surface area contributed by atoms with Crippen molar-refractivity contribution in [2.75, 3.05) is 11.1 Å². The molecule has 0 amide bonds. The number of aryl methyl sites for hydroxylation is 2. The number of nitrogen functional groups attached to an aromatic ring is 1. The lowest BCUT2D eigenvalue weighted by atomic mass is 10.3. The van der Waals surface area contributed by atoms with Crippen LogP contribution in [0.4, 0.5) is 11.5 Å². The second-order valence-electron chi connectivity index (χ2n) is 3.71. The molecule has 6 heteroatoms. The van der Waals surface area contributed by atoms with Gasteiger partial charge in [0.15, 0.2) is 5.82 Å². The summed E-state index contributed by atoms with van der Waals surface area (Å²) >= 11 is 7.53. The summed E-state index contributed by atoms with van der Waals surface area (Å²) in [5.74, 6) is 0.591. The number of thiophene rings is 1. The predicted molar refractivity (Wildman–Crippen MR) is 72.6 cm³/mol. The maximum atomic E-state index is 5.88. The van der Waals surface area contributed by atoms with Crippen molar-refractivity contribution >= 4 is 34.4 Å². The van der Waals surface area contributed by atoms with E-state index in [0.29, 0.717) is 23.7 Å². The number of hydrogen-bond donors (Lipinski definition) is 2. The smallest absolute Gasteiger partial charge is 0.224 e. The Morgan fingerprint density at radius 1 is 1.35 bits per heavy atom. The minimum absolute atomic E-state index is 0.210. The number of nitrogens with two attached hydrogens (primary N) is 1. The summed E-state index contributed by atoms with van der Waals surface area (Å²) in [5, 5.41) is 3.38.